The van der Waals surface area contributed by atoms with Crippen molar-refractivity contribution in [2.45, 2.75) is 54.4 Å². The molecule has 1 N–H and O–H groups in total. The molecule has 0 saturated heterocycles. The number of pyridine rings is 1. The molecular formula is C21H30N2. The molecule has 124 valence electrons. The van der Waals surface area contributed by atoms with Crippen molar-refractivity contribution in [1.82, 2.24) is 4.98 Å². The van der Waals surface area contributed by atoms with Crippen LogP contribution in [-0.2, 0) is 12.8 Å². The van der Waals surface area contributed by atoms with Crippen molar-refractivity contribution in [3.63, 3.8) is 0 Å². The number of nitrogens with zero attached hydrogens (tertiary/aromatic N) is 1. The van der Waals surface area contributed by atoms with Gasteiger partial charge in [0.05, 0.1) is 0 Å². The highest BCUT2D eigenvalue weighted by atomic mass is 15.0. The number of aromatic nitrogens is 1. The monoisotopic (exact) mass is 310 g/mol. The number of hydrogen-bond donors (Lipinski definition) is 1. The Kier molecular flexibility index (Phi) is 5.13. The molecule has 0 unspecified atom stereocenters. The van der Waals surface area contributed by atoms with E-state index >= 15 is 0 Å². The first-order chi connectivity index (χ1) is 10.6. The Morgan fingerprint density at radius 3 is 2.04 bits per heavy atom. The number of anilines is 2. The van der Waals surface area contributed by atoms with E-state index < -0.39 is 0 Å². The van der Waals surface area contributed by atoms with Crippen LogP contribution >= 0.6 is 0 Å². The standard InChI is InChI=1S/C21H30N2/c1-20(2,3)14-16-8-7-9-18(12-16)23-19-13-17(10-11-22-19)15-21(4,5)6/h7-13H,14-15H2,1-6H3,(H,22,23). The average molecular weight is 310 g/mol. The molecule has 0 fully saturated rings. The molecular weight excluding hydrogens is 280 g/mol. The van der Waals surface area contributed by atoms with Gasteiger partial charge in [-0.2, -0.15) is 0 Å². The Labute approximate surface area is 141 Å². The van der Waals surface area contributed by atoms with Gasteiger partial charge in [-0.15, -0.1) is 0 Å². The maximum absolute atomic E-state index is 4.46. The molecule has 0 aliphatic carbocycles. The van der Waals surface area contributed by atoms with Crippen LogP contribution in [0, 0.1) is 10.8 Å². The van der Waals surface area contributed by atoms with E-state index in [9.17, 15) is 0 Å². The van der Waals surface area contributed by atoms with Gasteiger partial charge in [0.2, 0.25) is 0 Å². The van der Waals surface area contributed by atoms with E-state index in [4.69, 9.17) is 0 Å². The maximum Gasteiger partial charge on any atom is 0.130 e. The number of nitrogens with one attached hydrogen (secondary N) is 1. The summed E-state index contributed by atoms with van der Waals surface area (Å²) >= 11 is 0. The van der Waals surface area contributed by atoms with E-state index in [-0.39, 0.29) is 5.41 Å². The Morgan fingerprint density at radius 2 is 1.43 bits per heavy atom. The number of hydrogen-bond acceptors (Lipinski definition) is 2. The van der Waals surface area contributed by atoms with Crippen LogP contribution in [0.3, 0.4) is 0 Å². The van der Waals surface area contributed by atoms with Gasteiger partial charge in [-0.25, -0.2) is 4.98 Å². The molecule has 0 spiro atoms. The molecule has 2 nitrogen and oxygen atoms in total. The molecule has 2 rings (SSSR count). The second kappa shape index (κ2) is 6.74. The maximum atomic E-state index is 4.46. The van der Waals surface area contributed by atoms with Crippen LogP contribution in [0.1, 0.15) is 52.7 Å². The van der Waals surface area contributed by atoms with Gasteiger partial charge in [0.15, 0.2) is 0 Å². The summed E-state index contributed by atoms with van der Waals surface area (Å²) in [6.07, 6.45) is 4.01. The van der Waals surface area contributed by atoms with Crippen molar-refractivity contribution in [3.8, 4) is 0 Å². The van der Waals surface area contributed by atoms with Crippen LogP contribution in [0.25, 0.3) is 0 Å². The number of benzene rings is 1. The van der Waals surface area contributed by atoms with Crippen LogP contribution in [0.2, 0.25) is 0 Å². The van der Waals surface area contributed by atoms with Crippen molar-refractivity contribution in [3.05, 3.63) is 53.7 Å². The van der Waals surface area contributed by atoms with Crippen LogP contribution in [0.4, 0.5) is 11.5 Å². The fourth-order valence-electron chi connectivity index (χ4n) is 2.78. The Balaban J connectivity index is 2.13. The lowest BCUT2D eigenvalue weighted by Gasteiger charge is -2.19. The minimum Gasteiger partial charge on any atom is -0.340 e. The second-order valence-electron chi connectivity index (χ2n) is 8.85. The van der Waals surface area contributed by atoms with Crippen molar-refractivity contribution in [1.29, 1.82) is 0 Å². The van der Waals surface area contributed by atoms with Gasteiger partial charge in [-0.1, -0.05) is 53.7 Å². The molecule has 1 aromatic heterocycles. The second-order valence-corrected chi connectivity index (χ2v) is 8.85. The van der Waals surface area contributed by atoms with E-state index in [1.165, 1.54) is 11.1 Å². The fraction of sp³-hybridized carbons (Fsp3) is 0.476. The van der Waals surface area contributed by atoms with Crippen LogP contribution < -0.4 is 5.32 Å². The first-order valence-corrected chi connectivity index (χ1v) is 8.42. The summed E-state index contributed by atoms with van der Waals surface area (Å²) < 4.78 is 0. The minimum atomic E-state index is 0.283. The zero-order chi connectivity index (χ0) is 17.1. The topological polar surface area (TPSA) is 24.9 Å². The van der Waals surface area contributed by atoms with E-state index in [1.54, 1.807) is 0 Å². The summed E-state index contributed by atoms with van der Waals surface area (Å²) in [5.41, 5.74) is 4.36. The third-order valence-corrected chi connectivity index (χ3v) is 3.49. The Bertz CT molecular complexity index is 588. The predicted molar refractivity (Wildman–Crippen MR) is 100 cm³/mol. The lowest BCUT2D eigenvalue weighted by Crippen LogP contribution is -2.10. The molecule has 0 atom stereocenters. The van der Waals surface area contributed by atoms with Crippen LogP contribution in [0.15, 0.2) is 42.6 Å². The van der Waals surface area contributed by atoms with Gasteiger partial charge >= 0.3 is 0 Å². The summed E-state index contributed by atoms with van der Waals surface area (Å²) in [6.45, 7) is 13.6. The smallest absolute Gasteiger partial charge is 0.130 e. The van der Waals surface area contributed by atoms with E-state index in [2.05, 4.69) is 88.2 Å². The molecule has 0 saturated carbocycles. The highest BCUT2D eigenvalue weighted by Gasteiger charge is 2.13. The summed E-state index contributed by atoms with van der Waals surface area (Å²) in [5.74, 6) is 0.916. The first-order valence-electron chi connectivity index (χ1n) is 8.42. The lowest BCUT2D eigenvalue weighted by atomic mass is 9.88. The number of rotatable bonds is 4. The largest absolute Gasteiger partial charge is 0.340 e. The predicted octanol–water partition coefficient (Wildman–Crippen LogP) is 6.00. The van der Waals surface area contributed by atoms with Gasteiger partial charge in [0.1, 0.15) is 5.82 Å². The van der Waals surface area contributed by atoms with Crippen molar-refractivity contribution >= 4 is 11.5 Å². The van der Waals surface area contributed by atoms with Gasteiger partial charge in [0, 0.05) is 11.9 Å². The van der Waals surface area contributed by atoms with E-state index in [0.717, 1.165) is 24.3 Å². The average Bonchev–Trinajstić information content (AvgIpc) is 2.35. The Morgan fingerprint density at radius 1 is 0.826 bits per heavy atom. The third-order valence-electron chi connectivity index (χ3n) is 3.49. The Hall–Kier alpha value is -1.83. The normalized spacial score (nSPS) is 12.3. The summed E-state index contributed by atoms with van der Waals surface area (Å²) in [4.78, 5) is 4.46. The van der Waals surface area contributed by atoms with Crippen LogP contribution in [0.5, 0.6) is 0 Å². The quantitative estimate of drug-likeness (QED) is 0.749. The summed E-state index contributed by atoms with van der Waals surface area (Å²) in [5, 5.41) is 3.45. The molecule has 0 radical (unpaired) electrons. The van der Waals surface area contributed by atoms with Gasteiger partial charge in [0.25, 0.3) is 0 Å². The third kappa shape index (κ3) is 6.43. The zero-order valence-electron chi connectivity index (χ0n) is 15.4. The van der Waals surface area contributed by atoms with Gasteiger partial charge in [-0.3, -0.25) is 0 Å². The highest BCUT2D eigenvalue weighted by molar-refractivity contribution is 5.57. The van der Waals surface area contributed by atoms with Crippen molar-refractivity contribution in [2.75, 3.05) is 5.32 Å². The van der Waals surface area contributed by atoms with Gasteiger partial charge < -0.3 is 5.32 Å². The molecule has 0 aliphatic heterocycles. The SMILES string of the molecule is CC(C)(C)Cc1cccc(Nc2cc(CC(C)(C)C)ccn2)c1. The highest BCUT2D eigenvalue weighted by Crippen LogP contribution is 2.25. The van der Waals surface area contributed by atoms with Crippen molar-refractivity contribution in [2.24, 2.45) is 10.8 Å². The molecule has 0 bridgehead atoms. The minimum absolute atomic E-state index is 0.283. The summed E-state index contributed by atoms with van der Waals surface area (Å²) in [7, 11) is 0. The van der Waals surface area contributed by atoms with Gasteiger partial charge in [-0.05, 0) is 59.1 Å². The molecule has 0 aliphatic rings. The molecule has 23 heavy (non-hydrogen) atoms. The fourth-order valence-corrected chi connectivity index (χ4v) is 2.78. The molecule has 0 amide bonds. The zero-order valence-corrected chi connectivity index (χ0v) is 15.4. The summed E-state index contributed by atoms with van der Waals surface area (Å²) in [6, 6.07) is 12.9. The van der Waals surface area contributed by atoms with E-state index in [1.807, 2.05) is 6.20 Å². The first kappa shape index (κ1) is 17.5. The molecule has 2 aromatic rings. The molecule has 1 aromatic carbocycles. The lowest BCUT2D eigenvalue weighted by molar-refractivity contribution is 0.411. The van der Waals surface area contributed by atoms with Crippen LogP contribution in [-0.4, -0.2) is 4.98 Å². The molecule has 2 heteroatoms. The van der Waals surface area contributed by atoms with Crippen molar-refractivity contribution < 1.29 is 0 Å². The van der Waals surface area contributed by atoms with E-state index in [0.29, 0.717) is 5.41 Å². The molecule has 1 heterocycles.